The fourth-order valence-electron chi connectivity index (χ4n) is 3.15. The van der Waals surface area contributed by atoms with E-state index in [1.165, 1.54) is 16.8 Å². The molecule has 0 radical (unpaired) electrons. The highest BCUT2D eigenvalue weighted by molar-refractivity contribution is 6.10. The quantitative estimate of drug-likeness (QED) is 0.807. The fourth-order valence-corrected chi connectivity index (χ4v) is 3.15. The van der Waals surface area contributed by atoms with Crippen LogP contribution in [0.5, 0.6) is 0 Å². The summed E-state index contributed by atoms with van der Waals surface area (Å²) in [7, 11) is 4.25. The number of rotatable bonds is 6. The normalized spacial score (nSPS) is 15.5. The molecule has 0 N–H and O–H groups in total. The lowest BCUT2D eigenvalue weighted by atomic mass is 10.1. The first kappa shape index (κ1) is 17.6. The molecule has 2 aromatic carbocycles. The molecule has 0 saturated heterocycles. The van der Waals surface area contributed by atoms with Crippen molar-refractivity contribution in [3.8, 4) is 0 Å². The first-order valence-corrected chi connectivity index (χ1v) is 8.94. The molecular formula is C21H28N4. The van der Waals surface area contributed by atoms with Gasteiger partial charge in [0.2, 0.25) is 0 Å². The highest BCUT2D eigenvalue weighted by atomic mass is 15.4. The standard InChI is InChI=1S/C21H28N4/c1-18-9-7-12-20(15-18)25-17-24(14-8-13-23(2)3)16-22-21(25)19-10-5-4-6-11-19/h4-7,9-12,15H,8,13-14,16-17H2,1-3H3. The third-order valence-electron chi connectivity index (χ3n) is 4.44. The molecule has 0 fully saturated rings. The first-order valence-electron chi connectivity index (χ1n) is 8.94. The molecule has 0 bridgehead atoms. The van der Waals surface area contributed by atoms with Crippen LogP contribution < -0.4 is 4.90 Å². The van der Waals surface area contributed by atoms with E-state index in [-0.39, 0.29) is 0 Å². The van der Waals surface area contributed by atoms with Gasteiger partial charge in [0.05, 0.1) is 13.3 Å². The third-order valence-corrected chi connectivity index (χ3v) is 4.44. The maximum Gasteiger partial charge on any atom is 0.137 e. The number of aliphatic imine (C=N–C) groups is 1. The van der Waals surface area contributed by atoms with Crippen molar-refractivity contribution in [1.29, 1.82) is 0 Å². The van der Waals surface area contributed by atoms with Crippen molar-refractivity contribution < 1.29 is 0 Å². The number of hydrogen-bond donors (Lipinski definition) is 0. The van der Waals surface area contributed by atoms with Crippen LogP contribution in [-0.2, 0) is 0 Å². The van der Waals surface area contributed by atoms with E-state index < -0.39 is 0 Å². The molecule has 1 aliphatic rings. The van der Waals surface area contributed by atoms with Crippen LogP contribution in [0.15, 0.2) is 59.6 Å². The van der Waals surface area contributed by atoms with Gasteiger partial charge in [-0.3, -0.25) is 9.89 Å². The first-order chi connectivity index (χ1) is 12.1. The van der Waals surface area contributed by atoms with Crippen LogP contribution >= 0.6 is 0 Å². The second-order valence-electron chi connectivity index (χ2n) is 6.95. The maximum absolute atomic E-state index is 4.92. The summed E-state index contributed by atoms with van der Waals surface area (Å²) in [4.78, 5) is 11.9. The van der Waals surface area contributed by atoms with E-state index >= 15 is 0 Å². The van der Waals surface area contributed by atoms with Crippen LogP contribution in [0.2, 0.25) is 0 Å². The molecule has 25 heavy (non-hydrogen) atoms. The zero-order chi connectivity index (χ0) is 17.6. The molecule has 0 atom stereocenters. The summed E-state index contributed by atoms with van der Waals surface area (Å²) in [5.74, 6) is 1.06. The Balaban J connectivity index is 1.83. The van der Waals surface area contributed by atoms with Gasteiger partial charge >= 0.3 is 0 Å². The van der Waals surface area contributed by atoms with E-state index in [0.29, 0.717) is 0 Å². The molecule has 4 heteroatoms. The Morgan fingerprint density at radius 3 is 2.56 bits per heavy atom. The van der Waals surface area contributed by atoms with Gasteiger partial charge in [-0.1, -0.05) is 42.5 Å². The largest absolute Gasteiger partial charge is 0.313 e. The Bertz CT molecular complexity index is 709. The SMILES string of the molecule is Cc1cccc(N2CN(CCCN(C)C)CN=C2c2ccccc2)c1. The second kappa shape index (κ2) is 8.28. The lowest BCUT2D eigenvalue weighted by Gasteiger charge is -2.36. The molecule has 1 aliphatic heterocycles. The molecule has 132 valence electrons. The van der Waals surface area contributed by atoms with E-state index in [9.17, 15) is 0 Å². The Labute approximate surface area is 151 Å². The van der Waals surface area contributed by atoms with Crippen molar-refractivity contribution in [2.24, 2.45) is 4.99 Å². The van der Waals surface area contributed by atoms with Crippen molar-refractivity contribution in [3.63, 3.8) is 0 Å². The summed E-state index contributed by atoms with van der Waals surface area (Å²) in [6, 6.07) is 19.2. The average Bonchev–Trinajstić information content (AvgIpc) is 2.62. The minimum atomic E-state index is 0.764. The van der Waals surface area contributed by atoms with Gasteiger partial charge in [-0.05, 0) is 51.7 Å². The summed E-state index contributed by atoms with van der Waals surface area (Å²) in [5, 5.41) is 0. The number of aryl methyl sites for hydroxylation is 1. The molecule has 1 heterocycles. The van der Waals surface area contributed by atoms with Crippen molar-refractivity contribution in [2.45, 2.75) is 13.3 Å². The molecule has 0 spiro atoms. The fraction of sp³-hybridized carbons (Fsp3) is 0.381. The molecule has 0 unspecified atom stereocenters. The van der Waals surface area contributed by atoms with E-state index in [4.69, 9.17) is 4.99 Å². The van der Waals surface area contributed by atoms with Crippen LogP contribution in [0.1, 0.15) is 17.5 Å². The third kappa shape index (κ3) is 4.68. The Kier molecular flexibility index (Phi) is 5.84. The van der Waals surface area contributed by atoms with Gasteiger partial charge in [0.1, 0.15) is 5.84 Å². The van der Waals surface area contributed by atoms with Crippen LogP contribution in [0.3, 0.4) is 0 Å². The summed E-state index contributed by atoms with van der Waals surface area (Å²) < 4.78 is 0. The van der Waals surface area contributed by atoms with Crippen LogP contribution in [0.25, 0.3) is 0 Å². The minimum absolute atomic E-state index is 0.764. The molecule has 0 aliphatic carbocycles. The predicted molar refractivity (Wildman–Crippen MR) is 106 cm³/mol. The van der Waals surface area contributed by atoms with Crippen molar-refractivity contribution >= 4 is 11.5 Å². The molecule has 2 aromatic rings. The lowest BCUT2D eigenvalue weighted by molar-refractivity contribution is 0.261. The van der Waals surface area contributed by atoms with E-state index in [0.717, 1.165) is 38.7 Å². The Morgan fingerprint density at radius 2 is 1.84 bits per heavy atom. The van der Waals surface area contributed by atoms with E-state index in [2.05, 4.69) is 90.3 Å². The number of nitrogens with zero attached hydrogens (tertiary/aromatic N) is 4. The average molecular weight is 336 g/mol. The number of hydrogen-bond acceptors (Lipinski definition) is 4. The molecule has 0 saturated carbocycles. The zero-order valence-electron chi connectivity index (χ0n) is 15.5. The molecule has 0 aromatic heterocycles. The van der Waals surface area contributed by atoms with Crippen LogP contribution in [-0.4, -0.2) is 56.2 Å². The van der Waals surface area contributed by atoms with Crippen molar-refractivity contribution in [3.05, 3.63) is 65.7 Å². The zero-order valence-corrected chi connectivity index (χ0v) is 15.5. The van der Waals surface area contributed by atoms with Gasteiger partial charge in [0, 0.05) is 17.8 Å². The molecule has 0 amide bonds. The number of benzene rings is 2. The van der Waals surface area contributed by atoms with Crippen molar-refractivity contribution in [2.75, 3.05) is 45.4 Å². The van der Waals surface area contributed by atoms with Gasteiger partial charge in [-0.15, -0.1) is 0 Å². The summed E-state index contributed by atoms with van der Waals surface area (Å²) in [5.41, 5.74) is 3.66. The molecule has 4 nitrogen and oxygen atoms in total. The van der Waals surface area contributed by atoms with Crippen LogP contribution in [0, 0.1) is 6.92 Å². The lowest BCUT2D eigenvalue weighted by Crippen LogP contribution is -2.47. The van der Waals surface area contributed by atoms with Gasteiger partial charge < -0.3 is 9.80 Å². The summed E-state index contributed by atoms with van der Waals surface area (Å²) in [6.45, 7) is 5.95. The van der Waals surface area contributed by atoms with E-state index in [1.807, 2.05) is 0 Å². The topological polar surface area (TPSA) is 22.1 Å². The van der Waals surface area contributed by atoms with E-state index in [1.54, 1.807) is 0 Å². The summed E-state index contributed by atoms with van der Waals surface area (Å²) in [6.07, 6.45) is 1.16. The Hall–Kier alpha value is -2.17. The van der Waals surface area contributed by atoms with Gasteiger partial charge in [-0.2, -0.15) is 0 Å². The maximum atomic E-state index is 4.92. The highest BCUT2D eigenvalue weighted by Gasteiger charge is 2.23. The Morgan fingerprint density at radius 1 is 1.04 bits per heavy atom. The van der Waals surface area contributed by atoms with Gasteiger partial charge in [0.25, 0.3) is 0 Å². The molecular weight excluding hydrogens is 308 g/mol. The van der Waals surface area contributed by atoms with Gasteiger partial charge in [0.15, 0.2) is 0 Å². The minimum Gasteiger partial charge on any atom is -0.313 e. The van der Waals surface area contributed by atoms with Crippen LogP contribution in [0.4, 0.5) is 5.69 Å². The second-order valence-corrected chi connectivity index (χ2v) is 6.95. The smallest absolute Gasteiger partial charge is 0.137 e. The number of anilines is 1. The predicted octanol–water partition coefficient (Wildman–Crippen LogP) is 3.43. The number of amidine groups is 1. The molecule has 3 rings (SSSR count). The van der Waals surface area contributed by atoms with Crippen molar-refractivity contribution in [1.82, 2.24) is 9.80 Å². The monoisotopic (exact) mass is 336 g/mol. The summed E-state index contributed by atoms with van der Waals surface area (Å²) >= 11 is 0. The van der Waals surface area contributed by atoms with Gasteiger partial charge in [-0.25, -0.2) is 0 Å². The highest BCUT2D eigenvalue weighted by Crippen LogP contribution is 2.22.